The molecule has 0 aromatic carbocycles. The number of likely N-dealkylation sites (N-methyl/N-ethyl adjacent to an activating group) is 1. The van der Waals surface area contributed by atoms with E-state index in [4.69, 9.17) is 34.3 Å². The first-order chi connectivity index (χ1) is 27.6. The van der Waals surface area contributed by atoms with Crippen LogP contribution in [0, 0.1) is 17.8 Å². The number of halogens is 1. The molecule has 0 aliphatic carbocycles. The highest BCUT2D eigenvalue weighted by Crippen LogP contribution is 2.40. The molecule has 5 rings (SSSR count). The van der Waals surface area contributed by atoms with E-state index in [1.165, 1.54) is 25.2 Å². The van der Waals surface area contributed by atoms with E-state index in [0.717, 1.165) is 6.92 Å². The third-order valence-corrected chi connectivity index (χ3v) is 12.7. The van der Waals surface area contributed by atoms with Crippen LogP contribution in [0.5, 0.6) is 0 Å². The first-order valence-electron chi connectivity index (χ1n) is 20.1. The molecule has 0 saturated carbocycles. The van der Waals surface area contributed by atoms with Crippen LogP contribution >= 0.6 is 11.3 Å². The predicted octanol–water partition coefficient (Wildman–Crippen LogP) is 3.90. The lowest BCUT2D eigenvalue weighted by atomic mass is 9.74. The van der Waals surface area contributed by atoms with Crippen LogP contribution in [-0.4, -0.2) is 135 Å². The van der Waals surface area contributed by atoms with Gasteiger partial charge < -0.3 is 49.4 Å². The van der Waals surface area contributed by atoms with Crippen molar-refractivity contribution in [3.63, 3.8) is 0 Å². The Morgan fingerprint density at radius 1 is 1.08 bits per heavy atom. The van der Waals surface area contributed by atoms with Crippen molar-refractivity contribution < 1.29 is 57.5 Å². The third kappa shape index (κ3) is 10.2. The molecule has 13 atom stereocenters. The topological polar surface area (TPSA) is 214 Å². The molecular weight excluding hydrogens is 790 g/mol. The number of carbonyl (C=O) groups excluding carboxylic acids is 3. The van der Waals surface area contributed by atoms with Crippen LogP contribution in [0.1, 0.15) is 80.3 Å². The van der Waals surface area contributed by atoms with Crippen molar-refractivity contribution in [3.8, 4) is 10.7 Å². The van der Waals surface area contributed by atoms with E-state index in [1.807, 2.05) is 25.9 Å². The summed E-state index contributed by atoms with van der Waals surface area (Å²) >= 11 is 1.35. The first kappa shape index (κ1) is 46.6. The van der Waals surface area contributed by atoms with Crippen molar-refractivity contribution in [1.82, 2.24) is 14.9 Å². The maximum Gasteiger partial charge on any atom is 0.351 e. The molecule has 328 valence electrons. The Morgan fingerprint density at radius 3 is 2.46 bits per heavy atom. The molecule has 3 aliphatic heterocycles. The summed E-state index contributed by atoms with van der Waals surface area (Å²) in [6, 6.07) is 4.84. The van der Waals surface area contributed by atoms with Crippen LogP contribution in [0.2, 0.25) is 0 Å². The monoisotopic (exact) mass is 849 g/mol. The van der Waals surface area contributed by atoms with Gasteiger partial charge in [-0.25, -0.2) is 19.2 Å². The number of fused-ring (bicyclic) bond motifs is 5. The van der Waals surface area contributed by atoms with Gasteiger partial charge in [-0.3, -0.25) is 9.59 Å². The van der Waals surface area contributed by atoms with E-state index in [-0.39, 0.29) is 50.3 Å². The number of aliphatic hydroxyl groups excluding tert-OH is 1. The molecule has 3 saturated heterocycles. The molecule has 4 N–H and O–H groups in total. The van der Waals surface area contributed by atoms with Crippen molar-refractivity contribution >= 4 is 40.4 Å². The zero-order chi connectivity index (χ0) is 43.6. The molecule has 59 heavy (non-hydrogen) atoms. The summed E-state index contributed by atoms with van der Waals surface area (Å²) in [5.41, 5.74) is 0.292. The highest BCUT2D eigenvalue weighted by molar-refractivity contribution is 7.13. The van der Waals surface area contributed by atoms with Crippen molar-refractivity contribution in [2.24, 2.45) is 22.9 Å². The Labute approximate surface area is 348 Å². The number of rotatable bonds is 8. The number of alkyl halides is 1. The second kappa shape index (κ2) is 18.6. The number of nitrogen functional groups attached to an aromatic ring is 1. The molecule has 0 amide bonds. The lowest BCUT2D eigenvalue weighted by molar-refractivity contribution is -0.296. The summed E-state index contributed by atoms with van der Waals surface area (Å²) in [6.45, 7) is 11.2. The lowest BCUT2D eigenvalue weighted by Gasteiger charge is -2.47. The molecule has 2 aromatic heterocycles. The van der Waals surface area contributed by atoms with Crippen LogP contribution in [0.4, 0.5) is 10.2 Å². The molecular formula is C41H60FN5O11S. The highest BCUT2D eigenvalue weighted by Gasteiger charge is 2.57. The normalized spacial score (nSPS) is 38.7. The molecule has 0 unspecified atom stereocenters. The van der Waals surface area contributed by atoms with Gasteiger partial charge in [0.05, 0.1) is 42.8 Å². The summed E-state index contributed by atoms with van der Waals surface area (Å²) in [5.74, 6) is -5.94. The minimum atomic E-state index is -3.22. The van der Waals surface area contributed by atoms with Gasteiger partial charge in [-0.1, -0.05) is 38.9 Å². The number of aliphatic hydroxyl groups is 2. The van der Waals surface area contributed by atoms with E-state index in [9.17, 15) is 24.6 Å². The van der Waals surface area contributed by atoms with E-state index in [2.05, 4.69) is 15.1 Å². The minimum absolute atomic E-state index is 0.0191. The number of hydrogen-bond acceptors (Lipinski definition) is 17. The standard InChI is InChI=1S/C41H60FN5O11S/c1-11-29-41(8,52)35-23(4)31(48)21(2)16-39(6,54-18-25(17-53-35)46-55-19-26-20-59-36(44-26)27-13-12-14-30(43)45-27)34(24(5)33(50)40(7,42)38(51)57-29)58-37-32(49)28(47(9)10)15-22(3)56-37/h12-14,20-24,28-29,32,34-35,37,49,52H,11,15-19H2,1-10H3,(H2,43,45)/b46-25+/t21-,22-,23+,24+,28+,29-,32-,34-,35+,37+,39-,40+,41-/m1/s1. The number of cyclic esters (lactones) is 1. The molecule has 18 heteroatoms. The zero-order valence-corrected chi connectivity index (χ0v) is 36.4. The van der Waals surface area contributed by atoms with Crippen molar-refractivity contribution in [2.75, 3.05) is 33.0 Å². The SMILES string of the molecule is CC[C@H]1OC(=O)[C@@](C)(F)C(=O)[C@H](C)[C@@H](O[C@@H]2O[C@H](C)C[C@H](N(C)C)[C@H]2O)[C@@]2(C)C[C@@H](C)C(=O)[C@H](C)[C@H](OC/C(=N\OCc3csc(-c4cccc(N)n4)n3)CO2)[C@]1(C)O. The van der Waals surface area contributed by atoms with Crippen LogP contribution in [-0.2, 0) is 49.5 Å². The van der Waals surface area contributed by atoms with Gasteiger partial charge >= 0.3 is 5.97 Å². The number of ketones is 2. The average Bonchev–Trinajstić information content (AvgIpc) is 3.65. The lowest BCUT2D eigenvalue weighted by Crippen LogP contribution is -2.61. The Bertz CT molecular complexity index is 1840. The van der Waals surface area contributed by atoms with Gasteiger partial charge in [-0.05, 0) is 73.2 Å². The highest BCUT2D eigenvalue weighted by atomic mass is 32.1. The number of pyridine rings is 1. The summed E-state index contributed by atoms with van der Waals surface area (Å²) < 4.78 is 48.1. The van der Waals surface area contributed by atoms with E-state index >= 15 is 4.39 Å². The number of carbonyl (C=O) groups is 3. The maximum absolute atomic E-state index is 16.8. The van der Waals surface area contributed by atoms with Crippen molar-refractivity contribution in [3.05, 3.63) is 29.3 Å². The molecule has 0 radical (unpaired) electrons. The fourth-order valence-electron chi connectivity index (χ4n) is 8.46. The molecule has 2 aromatic rings. The molecule has 2 bridgehead atoms. The Hall–Kier alpha value is -3.49. The van der Waals surface area contributed by atoms with E-state index in [0.29, 0.717) is 28.6 Å². The fraction of sp³-hybridized carbons (Fsp3) is 0.707. The van der Waals surface area contributed by atoms with Gasteiger partial charge in [0.15, 0.2) is 18.7 Å². The van der Waals surface area contributed by atoms with Crippen LogP contribution < -0.4 is 5.73 Å². The number of oxime groups is 1. The summed E-state index contributed by atoms with van der Waals surface area (Å²) in [7, 11) is 3.62. The van der Waals surface area contributed by atoms with Gasteiger partial charge in [0.1, 0.15) is 45.8 Å². The number of Topliss-reactive ketones (excluding diaryl/α,β-unsaturated/α-hetero) is 2. The minimum Gasteiger partial charge on any atom is -0.457 e. The zero-order valence-electron chi connectivity index (χ0n) is 35.5. The van der Waals surface area contributed by atoms with Crippen molar-refractivity contribution in [2.45, 2.75) is 141 Å². The Kier molecular flexibility index (Phi) is 14.7. The average molecular weight is 850 g/mol. The summed E-state index contributed by atoms with van der Waals surface area (Å²) in [4.78, 5) is 59.0. The van der Waals surface area contributed by atoms with Gasteiger partial charge in [-0.2, -0.15) is 0 Å². The number of esters is 1. The van der Waals surface area contributed by atoms with E-state index < -0.39 is 83.1 Å². The Morgan fingerprint density at radius 2 is 1.80 bits per heavy atom. The van der Waals surface area contributed by atoms with Gasteiger partial charge in [0, 0.05) is 29.2 Å². The quantitative estimate of drug-likeness (QED) is 0.195. The van der Waals surface area contributed by atoms with E-state index in [1.54, 1.807) is 51.3 Å². The summed E-state index contributed by atoms with van der Waals surface area (Å²) in [6.07, 6.45) is -6.69. The molecule has 3 aliphatic rings. The van der Waals surface area contributed by atoms with Crippen LogP contribution in [0.3, 0.4) is 0 Å². The molecule has 3 fully saturated rings. The number of hydrogen-bond donors (Lipinski definition) is 3. The number of nitrogens with two attached hydrogens (primary N) is 1. The summed E-state index contributed by atoms with van der Waals surface area (Å²) in [5, 5.41) is 30.5. The second-order valence-electron chi connectivity index (χ2n) is 17.0. The van der Waals surface area contributed by atoms with Crippen LogP contribution in [0.15, 0.2) is 28.7 Å². The van der Waals surface area contributed by atoms with Gasteiger partial charge in [0.2, 0.25) is 0 Å². The smallest absolute Gasteiger partial charge is 0.351 e. The number of nitrogens with zero attached hydrogens (tertiary/aromatic N) is 4. The maximum atomic E-state index is 16.8. The first-order valence-corrected chi connectivity index (χ1v) is 20.9. The Balaban J connectivity index is 1.60. The van der Waals surface area contributed by atoms with Gasteiger partial charge in [0.25, 0.3) is 5.67 Å². The number of anilines is 1. The van der Waals surface area contributed by atoms with Gasteiger partial charge in [-0.15, -0.1) is 11.3 Å². The van der Waals surface area contributed by atoms with Crippen LogP contribution in [0.25, 0.3) is 10.7 Å². The number of thiazole rings is 1. The number of ether oxygens (including phenoxy) is 5. The predicted molar refractivity (Wildman–Crippen MR) is 216 cm³/mol. The second-order valence-corrected chi connectivity index (χ2v) is 17.8. The molecule has 0 spiro atoms. The molecule has 16 nitrogen and oxygen atoms in total. The largest absolute Gasteiger partial charge is 0.457 e. The third-order valence-electron chi connectivity index (χ3n) is 11.8. The molecule has 5 heterocycles. The van der Waals surface area contributed by atoms with Crippen molar-refractivity contribution in [1.29, 1.82) is 0 Å². The number of aromatic nitrogens is 2. The fourth-order valence-corrected chi connectivity index (χ4v) is 9.23.